The zero-order valence-corrected chi connectivity index (χ0v) is 17.6. The van der Waals surface area contributed by atoms with Gasteiger partial charge in [-0.25, -0.2) is 4.39 Å². The van der Waals surface area contributed by atoms with E-state index in [4.69, 9.17) is 4.74 Å². The summed E-state index contributed by atoms with van der Waals surface area (Å²) in [5.74, 6) is -1.30. The van der Waals surface area contributed by atoms with Gasteiger partial charge in [-0.3, -0.25) is 14.4 Å². The minimum Gasteiger partial charge on any atom is -0.483 e. The van der Waals surface area contributed by atoms with Crippen LogP contribution in [0.15, 0.2) is 72.8 Å². The Morgan fingerprint density at radius 1 is 0.848 bits per heavy atom. The molecule has 8 heteroatoms. The molecule has 33 heavy (non-hydrogen) atoms. The summed E-state index contributed by atoms with van der Waals surface area (Å²) in [6.07, 6.45) is 1.80. The van der Waals surface area contributed by atoms with Crippen LogP contribution in [0.3, 0.4) is 0 Å². The predicted octanol–water partition coefficient (Wildman–Crippen LogP) is 4.44. The fourth-order valence-electron chi connectivity index (χ4n) is 3.14. The van der Waals surface area contributed by atoms with Crippen molar-refractivity contribution in [3.63, 3.8) is 0 Å². The van der Waals surface area contributed by atoms with Gasteiger partial charge in [0, 0.05) is 17.3 Å². The number of benzene rings is 3. The molecular weight excluding hydrogens is 425 g/mol. The topological polar surface area (TPSA) is 96.5 Å². The average Bonchev–Trinajstić information content (AvgIpc) is 3.65. The van der Waals surface area contributed by atoms with E-state index in [9.17, 15) is 18.8 Å². The first-order valence-electron chi connectivity index (χ1n) is 10.5. The van der Waals surface area contributed by atoms with Crippen LogP contribution in [-0.2, 0) is 9.59 Å². The Hall–Kier alpha value is -4.20. The number of nitrogens with one attached hydrogen (secondary N) is 3. The summed E-state index contributed by atoms with van der Waals surface area (Å²) in [5.41, 5.74) is 1.37. The smallest absolute Gasteiger partial charge is 0.262 e. The van der Waals surface area contributed by atoms with Gasteiger partial charge in [-0.15, -0.1) is 0 Å². The minimum absolute atomic E-state index is 0.0223. The van der Waals surface area contributed by atoms with Crippen molar-refractivity contribution in [2.75, 3.05) is 22.6 Å². The molecule has 0 aromatic heterocycles. The number of rotatable bonds is 8. The van der Waals surface area contributed by atoms with E-state index in [0.29, 0.717) is 11.4 Å². The number of para-hydroxylation sites is 2. The number of hydrogen-bond donors (Lipinski definition) is 3. The number of amides is 3. The van der Waals surface area contributed by atoms with Crippen LogP contribution in [0.2, 0.25) is 0 Å². The number of carbonyl (C=O) groups excluding carboxylic acids is 3. The van der Waals surface area contributed by atoms with E-state index in [1.165, 1.54) is 18.2 Å². The Morgan fingerprint density at radius 2 is 1.55 bits per heavy atom. The number of ether oxygens (including phenoxy) is 1. The Morgan fingerprint density at radius 3 is 2.30 bits per heavy atom. The van der Waals surface area contributed by atoms with Crippen LogP contribution < -0.4 is 20.7 Å². The Kier molecular flexibility index (Phi) is 6.64. The zero-order chi connectivity index (χ0) is 23.2. The third-order valence-electron chi connectivity index (χ3n) is 4.97. The van der Waals surface area contributed by atoms with Crippen molar-refractivity contribution in [1.82, 2.24) is 0 Å². The quantitative estimate of drug-likeness (QED) is 0.476. The molecule has 3 N–H and O–H groups in total. The number of carbonyl (C=O) groups is 3. The normalized spacial score (nSPS) is 12.5. The molecule has 3 amide bonds. The first-order valence-corrected chi connectivity index (χ1v) is 10.5. The number of halogens is 1. The maximum Gasteiger partial charge on any atom is 0.262 e. The second-order valence-electron chi connectivity index (χ2n) is 7.61. The summed E-state index contributed by atoms with van der Waals surface area (Å²) in [5, 5.41) is 8.04. The summed E-state index contributed by atoms with van der Waals surface area (Å²) < 4.78 is 19.2. The molecule has 0 radical (unpaired) electrons. The van der Waals surface area contributed by atoms with Gasteiger partial charge in [0.2, 0.25) is 5.91 Å². The predicted molar refractivity (Wildman–Crippen MR) is 123 cm³/mol. The van der Waals surface area contributed by atoms with Crippen molar-refractivity contribution < 1.29 is 23.5 Å². The fraction of sp³-hybridized carbons (Fsp3) is 0.160. The summed E-state index contributed by atoms with van der Waals surface area (Å²) >= 11 is 0. The van der Waals surface area contributed by atoms with Gasteiger partial charge in [0.1, 0.15) is 11.6 Å². The standard InChI is InChI=1S/C25H22FN3O4/c26-20-9-2-3-10-21(20)29-23(30)15-33-22-11-4-1-8-19(22)25(32)28-18-7-5-6-17(14-18)27-24(31)16-12-13-16/h1-11,14,16H,12-13,15H2,(H,27,31)(H,28,32)(H,29,30). The highest BCUT2D eigenvalue weighted by Gasteiger charge is 2.29. The van der Waals surface area contributed by atoms with Crippen LogP contribution in [0, 0.1) is 11.7 Å². The second-order valence-corrected chi connectivity index (χ2v) is 7.61. The monoisotopic (exact) mass is 447 g/mol. The molecule has 0 heterocycles. The van der Waals surface area contributed by atoms with Crippen LogP contribution in [0.4, 0.5) is 21.5 Å². The lowest BCUT2D eigenvalue weighted by atomic mass is 10.1. The molecule has 168 valence electrons. The SMILES string of the molecule is O=C(COc1ccccc1C(=O)Nc1cccc(NC(=O)C2CC2)c1)Nc1ccccc1F. The Balaban J connectivity index is 1.38. The van der Waals surface area contributed by atoms with Gasteiger partial charge in [-0.2, -0.15) is 0 Å². The van der Waals surface area contributed by atoms with E-state index in [1.54, 1.807) is 54.6 Å². The van der Waals surface area contributed by atoms with Gasteiger partial charge < -0.3 is 20.7 Å². The second kappa shape index (κ2) is 9.95. The van der Waals surface area contributed by atoms with E-state index >= 15 is 0 Å². The van der Waals surface area contributed by atoms with Gasteiger partial charge >= 0.3 is 0 Å². The van der Waals surface area contributed by atoms with Gasteiger partial charge in [0.25, 0.3) is 11.8 Å². The third-order valence-corrected chi connectivity index (χ3v) is 4.97. The van der Waals surface area contributed by atoms with E-state index < -0.39 is 24.2 Å². The van der Waals surface area contributed by atoms with Crippen LogP contribution in [0.25, 0.3) is 0 Å². The summed E-state index contributed by atoms with van der Waals surface area (Å²) in [6.45, 7) is -0.401. The van der Waals surface area contributed by atoms with Crippen molar-refractivity contribution in [3.8, 4) is 5.75 Å². The highest BCUT2D eigenvalue weighted by atomic mass is 19.1. The maximum atomic E-state index is 13.7. The van der Waals surface area contributed by atoms with Gasteiger partial charge in [-0.05, 0) is 55.3 Å². The highest BCUT2D eigenvalue weighted by Crippen LogP contribution is 2.30. The average molecular weight is 447 g/mol. The molecule has 0 bridgehead atoms. The molecule has 7 nitrogen and oxygen atoms in total. The zero-order valence-electron chi connectivity index (χ0n) is 17.6. The van der Waals surface area contributed by atoms with Crippen molar-refractivity contribution >= 4 is 34.8 Å². The molecule has 1 fully saturated rings. The first kappa shape index (κ1) is 22.0. The van der Waals surface area contributed by atoms with Crippen LogP contribution in [-0.4, -0.2) is 24.3 Å². The largest absolute Gasteiger partial charge is 0.483 e. The third kappa shape index (κ3) is 5.94. The molecule has 4 rings (SSSR count). The van der Waals surface area contributed by atoms with Crippen molar-refractivity contribution in [2.45, 2.75) is 12.8 Å². The van der Waals surface area contributed by atoms with E-state index in [-0.39, 0.29) is 28.8 Å². The summed E-state index contributed by atoms with van der Waals surface area (Å²) in [7, 11) is 0. The molecular formula is C25H22FN3O4. The highest BCUT2D eigenvalue weighted by molar-refractivity contribution is 6.06. The molecule has 1 aliphatic carbocycles. The van der Waals surface area contributed by atoms with Gasteiger partial charge in [-0.1, -0.05) is 30.3 Å². The molecule has 0 unspecified atom stereocenters. The molecule has 0 saturated heterocycles. The maximum absolute atomic E-state index is 13.7. The Bertz CT molecular complexity index is 1190. The lowest BCUT2D eigenvalue weighted by Gasteiger charge is -2.13. The molecule has 1 saturated carbocycles. The van der Waals surface area contributed by atoms with Gasteiger partial charge in [0.05, 0.1) is 11.3 Å². The van der Waals surface area contributed by atoms with E-state index in [2.05, 4.69) is 16.0 Å². The number of hydrogen-bond acceptors (Lipinski definition) is 4. The molecule has 0 atom stereocenters. The first-order chi connectivity index (χ1) is 16.0. The van der Waals surface area contributed by atoms with Crippen molar-refractivity contribution in [3.05, 3.63) is 84.2 Å². The summed E-state index contributed by atoms with van der Waals surface area (Å²) in [4.78, 5) is 37.0. The van der Waals surface area contributed by atoms with Crippen LogP contribution in [0.5, 0.6) is 5.75 Å². The van der Waals surface area contributed by atoms with E-state index in [0.717, 1.165) is 12.8 Å². The fourth-order valence-corrected chi connectivity index (χ4v) is 3.14. The molecule has 1 aliphatic rings. The van der Waals surface area contributed by atoms with Gasteiger partial charge in [0.15, 0.2) is 6.61 Å². The lowest BCUT2D eigenvalue weighted by Crippen LogP contribution is -2.22. The number of anilines is 3. The molecule has 3 aromatic carbocycles. The van der Waals surface area contributed by atoms with Crippen molar-refractivity contribution in [2.24, 2.45) is 5.92 Å². The van der Waals surface area contributed by atoms with Crippen LogP contribution >= 0.6 is 0 Å². The lowest BCUT2D eigenvalue weighted by molar-refractivity contribution is -0.118. The molecule has 0 aliphatic heterocycles. The van der Waals surface area contributed by atoms with E-state index in [1.807, 2.05) is 0 Å². The minimum atomic E-state index is -0.561. The van der Waals surface area contributed by atoms with Crippen LogP contribution in [0.1, 0.15) is 23.2 Å². The molecule has 0 spiro atoms. The van der Waals surface area contributed by atoms with Crippen molar-refractivity contribution in [1.29, 1.82) is 0 Å². The molecule has 3 aromatic rings. The Labute approximate surface area is 190 Å². The summed E-state index contributed by atoms with van der Waals surface area (Å²) in [6, 6.07) is 19.1.